The van der Waals surface area contributed by atoms with Crippen molar-refractivity contribution in [2.75, 3.05) is 26.9 Å². The van der Waals surface area contributed by atoms with Crippen LogP contribution in [-0.4, -0.2) is 67.8 Å². The number of aliphatic hydroxyl groups excluding tert-OH is 2. The second-order valence-electron chi connectivity index (χ2n) is 4.17. The molecule has 0 aromatic carbocycles. The van der Waals surface area contributed by atoms with Gasteiger partial charge in [-0.3, -0.25) is 0 Å². The first kappa shape index (κ1) is 16.3. The standard InChI is InChI=1S/C13H22O6/c1-4-6-17-8-9-10(14)12(18-7-5-2)11(15)13(16-3)19-9/h4-5,9-15H,1-2,6-8H2,3H3. The molecule has 6 nitrogen and oxygen atoms in total. The highest BCUT2D eigenvalue weighted by Gasteiger charge is 2.45. The van der Waals surface area contributed by atoms with Crippen LogP contribution in [0, 0.1) is 0 Å². The van der Waals surface area contributed by atoms with Crippen molar-refractivity contribution in [1.82, 2.24) is 0 Å². The molecule has 1 aliphatic rings. The van der Waals surface area contributed by atoms with Gasteiger partial charge in [0, 0.05) is 7.11 Å². The Hall–Kier alpha value is -0.760. The molecule has 0 spiro atoms. The SMILES string of the molecule is C=CCOCC1OC(OC)C(O)C(OCC=C)C1O. The van der Waals surface area contributed by atoms with Crippen LogP contribution in [-0.2, 0) is 18.9 Å². The van der Waals surface area contributed by atoms with Crippen molar-refractivity contribution < 1.29 is 29.2 Å². The molecule has 0 aliphatic carbocycles. The van der Waals surface area contributed by atoms with Crippen LogP contribution in [0.5, 0.6) is 0 Å². The Bertz CT molecular complexity index is 282. The molecule has 0 amide bonds. The maximum atomic E-state index is 10.1. The lowest BCUT2D eigenvalue weighted by Crippen LogP contribution is -2.60. The van der Waals surface area contributed by atoms with Gasteiger partial charge in [0.1, 0.15) is 24.4 Å². The van der Waals surface area contributed by atoms with E-state index >= 15 is 0 Å². The molecule has 2 N–H and O–H groups in total. The minimum Gasteiger partial charge on any atom is -0.387 e. The monoisotopic (exact) mass is 274 g/mol. The van der Waals surface area contributed by atoms with E-state index in [0.29, 0.717) is 6.61 Å². The van der Waals surface area contributed by atoms with Crippen LogP contribution in [0.15, 0.2) is 25.3 Å². The lowest BCUT2D eigenvalue weighted by Gasteiger charge is -2.41. The maximum absolute atomic E-state index is 10.1. The molecule has 0 bridgehead atoms. The van der Waals surface area contributed by atoms with Crippen LogP contribution < -0.4 is 0 Å². The molecule has 110 valence electrons. The van der Waals surface area contributed by atoms with Crippen molar-refractivity contribution >= 4 is 0 Å². The van der Waals surface area contributed by atoms with Crippen LogP contribution in [0.4, 0.5) is 0 Å². The van der Waals surface area contributed by atoms with Crippen molar-refractivity contribution in [3.05, 3.63) is 25.3 Å². The zero-order chi connectivity index (χ0) is 14.3. The molecular formula is C13H22O6. The predicted molar refractivity (Wildman–Crippen MR) is 68.6 cm³/mol. The molecule has 0 saturated carbocycles. The van der Waals surface area contributed by atoms with E-state index in [4.69, 9.17) is 18.9 Å². The summed E-state index contributed by atoms with van der Waals surface area (Å²) in [6, 6.07) is 0. The summed E-state index contributed by atoms with van der Waals surface area (Å²) in [4.78, 5) is 0. The van der Waals surface area contributed by atoms with Crippen LogP contribution in [0.1, 0.15) is 0 Å². The van der Waals surface area contributed by atoms with E-state index in [-0.39, 0.29) is 13.2 Å². The molecule has 0 aromatic heterocycles. The van der Waals surface area contributed by atoms with Crippen molar-refractivity contribution in [2.45, 2.75) is 30.7 Å². The van der Waals surface area contributed by atoms with Crippen LogP contribution in [0.25, 0.3) is 0 Å². The molecular weight excluding hydrogens is 252 g/mol. The normalized spacial score (nSPS) is 35.0. The maximum Gasteiger partial charge on any atom is 0.186 e. The number of aliphatic hydroxyl groups is 2. The molecule has 5 unspecified atom stereocenters. The third-order valence-corrected chi connectivity index (χ3v) is 2.80. The van der Waals surface area contributed by atoms with Gasteiger partial charge in [0.25, 0.3) is 0 Å². The van der Waals surface area contributed by atoms with Crippen LogP contribution in [0.3, 0.4) is 0 Å². The van der Waals surface area contributed by atoms with Gasteiger partial charge in [-0.15, -0.1) is 13.2 Å². The van der Waals surface area contributed by atoms with E-state index in [2.05, 4.69) is 13.2 Å². The summed E-state index contributed by atoms with van der Waals surface area (Å²) in [6.07, 6.45) is -1.25. The highest BCUT2D eigenvalue weighted by atomic mass is 16.7. The lowest BCUT2D eigenvalue weighted by molar-refractivity contribution is -0.301. The number of rotatable bonds is 8. The number of hydrogen-bond acceptors (Lipinski definition) is 6. The smallest absolute Gasteiger partial charge is 0.186 e. The summed E-state index contributed by atoms with van der Waals surface area (Å²) in [6.45, 7) is 7.79. The molecule has 0 radical (unpaired) electrons. The van der Waals surface area contributed by atoms with E-state index in [0.717, 1.165) is 0 Å². The van der Waals surface area contributed by atoms with Gasteiger partial charge >= 0.3 is 0 Å². The van der Waals surface area contributed by atoms with E-state index in [1.165, 1.54) is 7.11 Å². The Labute approximate surface area is 113 Å². The predicted octanol–water partition coefficient (Wildman–Crippen LogP) is -0.147. The molecule has 6 heteroatoms. The zero-order valence-electron chi connectivity index (χ0n) is 11.1. The molecule has 1 heterocycles. The largest absolute Gasteiger partial charge is 0.387 e. The van der Waals surface area contributed by atoms with Gasteiger partial charge < -0.3 is 29.2 Å². The highest BCUT2D eigenvalue weighted by Crippen LogP contribution is 2.24. The fourth-order valence-corrected chi connectivity index (χ4v) is 1.88. The van der Waals surface area contributed by atoms with Crippen LogP contribution in [0.2, 0.25) is 0 Å². The third kappa shape index (κ3) is 4.38. The average Bonchev–Trinajstić information content (AvgIpc) is 2.41. The highest BCUT2D eigenvalue weighted by molar-refractivity contribution is 4.91. The Morgan fingerprint density at radius 1 is 1.16 bits per heavy atom. The number of hydrogen-bond donors (Lipinski definition) is 2. The summed E-state index contributed by atoms with van der Waals surface area (Å²) < 4.78 is 21.1. The van der Waals surface area contributed by atoms with Gasteiger partial charge in [0.2, 0.25) is 0 Å². The van der Waals surface area contributed by atoms with E-state index in [1.54, 1.807) is 12.2 Å². The Kier molecular flexibility index (Phi) is 7.22. The van der Waals surface area contributed by atoms with Gasteiger partial charge in [-0.05, 0) is 0 Å². The second kappa shape index (κ2) is 8.42. The molecule has 1 saturated heterocycles. The van der Waals surface area contributed by atoms with Crippen molar-refractivity contribution in [1.29, 1.82) is 0 Å². The minimum absolute atomic E-state index is 0.160. The Balaban J connectivity index is 2.65. The van der Waals surface area contributed by atoms with Gasteiger partial charge in [0.15, 0.2) is 6.29 Å². The number of methoxy groups -OCH3 is 1. The molecule has 5 atom stereocenters. The van der Waals surface area contributed by atoms with Crippen LogP contribution >= 0.6 is 0 Å². The Morgan fingerprint density at radius 2 is 1.84 bits per heavy atom. The third-order valence-electron chi connectivity index (χ3n) is 2.80. The number of ether oxygens (including phenoxy) is 4. The van der Waals surface area contributed by atoms with Crippen molar-refractivity contribution in [3.8, 4) is 0 Å². The molecule has 1 rings (SSSR count). The van der Waals surface area contributed by atoms with E-state index < -0.39 is 30.7 Å². The van der Waals surface area contributed by atoms with Crippen molar-refractivity contribution in [2.24, 2.45) is 0 Å². The topological polar surface area (TPSA) is 77.4 Å². The summed E-state index contributed by atoms with van der Waals surface area (Å²) in [7, 11) is 1.41. The van der Waals surface area contributed by atoms with Gasteiger partial charge in [-0.25, -0.2) is 0 Å². The fourth-order valence-electron chi connectivity index (χ4n) is 1.88. The quantitative estimate of drug-likeness (QED) is 0.473. The zero-order valence-corrected chi connectivity index (χ0v) is 11.1. The summed E-state index contributed by atoms with van der Waals surface area (Å²) in [5.74, 6) is 0. The first-order valence-electron chi connectivity index (χ1n) is 6.11. The van der Waals surface area contributed by atoms with Gasteiger partial charge in [-0.2, -0.15) is 0 Å². The molecule has 1 aliphatic heterocycles. The van der Waals surface area contributed by atoms with Crippen molar-refractivity contribution in [3.63, 3.8) is 0 Å². The van der Waals surface area contributed by atoms with E-state index in [9.17, 15) is 10.2 Å². The summed E-state index contributed by atoms with van der Waals surface area (Å²) in [5, 5.41) is 20.1. The first-order chi connectivity index (χ1) is 9.15. The first-order valence-corrected chi connectivity index (χ1v) is 6.11. The molecule has 0 aromatic rings. The average molecular weight is 274 g/mol. The van der Waals surface area contributed by atoms with E-state index in [1.807, 2.05) is 0 Å². The Morgan fingerprint density at radius 3 is 2.42 bits per heavy atom. The molecule has 19 heavy (non-hydrogen) atoms. The molecule has 1 fully saturated rings. The lowest BCUT2D eigenvalue weighted by atomic mass is 9.99. The van der Waals surface area contributed by atoms with Gasteiger partial charge in [-0.1, -0.05) is 12.2 Å². The minimum atomic E-state index is -1.07. The summed E-state index contributed by atoms with van der Waals surface area (Å²) in [5.41, 5.74) is 0. The second-order valence-corrected chi connectivity index (χ2v) is 4.17. The summed E-state index contributed by atoms with van der Waals surface area (Å²) >= 11 is 0. The van der Waals surface area contributed by atoms with Gasteiger partial charge in [0.05, 0.1) is 19.8 Å². The fraction of sp³-hybridized carbons (Fsp3) is 0.692.